The molecule has 0 aliphatic carbocycles. The lowest BCUT2D eigenvalue weighted by atomic mass is 9.96. The average molecular weight is 402 g/mol. The van der Waals surface area contributed by atoms with Crippen LogP contribution in [-0.4, -0.2) is 61.4 Å². The van der Waals surface area contributed by atoms with Gasteiger partial charge in [0.15, 0.2) is 0 Å². The van der Waals surface area contributed by atoms with Crippen LogP contribution >= 0.6 is 0 Å². The molecule has 0 spiro atoms. The van der Waals surface area contributed by atoms with E-state index in [0.29, 0.717) is 6.54 Å². The zero-order chi connectivity index (χ0) is 20.7. The van der Waals surface area contributed by atoms with Crippen LogP contribution in [0.25, 0.3) is 0 Å². The largest absolute Gasteiger partial charge is 0.573 e. The van der Waals surface area contributed by atoms with E-state index in [1.54, 1.807) is 12.1 Å². The highest BCUT2D eigenvalue weighted by Gasteiger charge is 2.31. The van der Waals surface area contributed by atoms with Crippen molar-refractivity contribution in [2.75, 3.05) is 33.2 Å². The Morgan fingerprint density at radius 2 is 1.86 bits per heavy atom. The molecule has 156 valence electrons. The van der Waals surface area contributed by atoms with Crippen molar-refractivity contribution < 1.29 is 32.6 Å². The topological polar surface area (TPSA) is 84.9 Å². The fraction of sp³-hybridized carbons (Fsp3) is 0.556. The number of hydrogen-bond donors (Lipinski definition) is 1. The monoisotopic (exact) mass is 402 g/mol. The third-order valence-electron chi connectivity index (χ3n) is 4.62. The summed E-state index contributed by atoms with van der Waals surface area (Å²) in [6.45, 7) is 2.04. The van der Waals surface area contributed by atoms with E-state index in [1.807, 2.05) is 0 Å². The Morgan fingerprint density at radius 3 is 2.36 bits per heavy atom. The molecule has 0 radical (unpaired) electrons. The summed E-state index contributed by atoms with van der Waals surface area (Å²) in [5.41, 5.74) is 0.865. The number of nitrogens with one attached hydrogen (secondary N) is 1. The van der Waals surface area contributed by atoms with E-state index in [4.69, 9.17) is 0 Å². The summed E-state index contributed by atoms with van der Waals surface area (Å²) >= 11 is 0. The number of hydrogen-bond acceptors (Lipinski definition) is 5. The molecule has 0 bridgehead atoms. The lowest BCUT2D eigenvalue weighted by molar-refractivity contribution is -0.274. The third-order valence-corrected chi connectivity index (χ3v) is 4.62. The number of amides is 2. The molecule has 2 amide bonds. The van der Waals surface area contributed by atoms with Gasteiger partial charge in [-0.3, -0.25) is 9.69 Å². The van der Waals surface area contributed by atoms with Gasteiger partial charge in [-0.1, -0.05) is 12.1 Å². The molecule has 1 aliphatic rings. The third kappa shape index (κ3) is 7.26. The van der Waals surface area contributed by atoms with Gasteiger partial charge in [0.1, 0.15) is 11.8 Å². The fourth-order valence-electron chi connectivity index (χ4n) is 3.15. The molecule has 1 heterocycles. The molecular weight excluding hydrogens is 379 g/mol. The maximum absolute atomic E-state index is 12.2. The predicted molar refractivity (Wildman–Crippen MR) is 92.2 cm³/mol. The van der Waals surface area contributed by atoms with Crippen LogP contribution in [0.1, 0.15) is 18.4 Å². The van der Waals surface area contributed by atoms with Crippen LogP contribution in [-0.2, 0) is 11.3 Å². The maximum atomic E-state index is 12.2. The summed E-state index contributed by atoms with van der Waals surface area (Å²) in [4.78, 5) is 25.8. The molecule has 0 aromatic heterocycles. The smallest absolute Gasteiger partial charge is 0.530 e. The van der Waals surface area contributed by atoms with Crippen molar-refractivity contribution in [2.24, 2.45) is 5.92 Å². The number of likely N-dealkylation sites (N-methyl/N-ethyl adjacent to an activating group) is 1. The van der Waals surface area contributed by atoms with E-state index in [0.717, 1.165) is 36.4 Å². The number of likely N-dealkylation sites (tertiary alicyclic amines) is 1. The van der Waals surface area contributed by atoms with Crippen LogP contribution in [0.3, 0.4) is 0 Å². The van der Waals surface area contributed by atoms with E-state index in [2.05, 4.69) is 15.0 Å². The standard InChI is InChI=1S/C18H24F3N3O4/c1-22-16(25)12-24(17(26)27)11-14-6-8-23(9-7-14)10-13-2-4-15(5-3-13)28-18(19,20)21/h2-5,14H,6-12H2,1H3,(H,22,25)(H,26,27)/p-1. The van der Waals surface area contributed by atoms with Gasteiger partial charge in [-0.2, -0.15) is 0 Å². The van der Waals surface area contributed by atoms with Gasteiger partial charge in [0.2, 0.25) is 5.91 Å². The number of piperidine rings is 1. The van der Waals surface area contributed by atoms with Gasteiger partial charge in [0, 0.05) is 20.1 Å². The normalized spacial score (nSPS) is 15.9. The van der Waals surface area contributed by atoms with Crippen molar-refractivity contribution in [3.63, 3.8) is 0 Å². The summed E-state index contributed by atoms with van der Waals surface area (Å²) in [6, 6.07) is 5.75. The highest BCUT2D eigenvalue weighted by molar-refractivity contribution is 5.81. The lowest BCUT2D eigenvalue weighted by Gasteiger charge is -2.35. The minimum absolute atomic E-state index is 0.126. The van der Waals surface area contributed by atoms with Crippen LogP contribution < -0.4 is 15.2 Å². The van der Waals surface area contributed by atoms with E-state index in [-0.39, 0.29) is 30.7 Å². The van der Waals surface area contributed by atoms with Gasteiger partial charge in [-0.15, -0.1) is 13.2 Å². The van der Waals surface area contributed by atoms with E-state index in [1.165, 1.54) is 19.2 Å². The van der Waals surface area contributed by atoms with Gasteiger partial charge in [-0.05, 0) is 49.5 Å². The zero-order valence-electron chi connectivity index (χ0n) is 15.5. The van der Waals surface area contributed by atoms with Gasteiger partial charge in [0.25, 0.3) is 0 Å². The second-order valence-electron chi connectivity index (χ2n) is 6.73. The Labute approximate surface area is 161 Å². The first kappa shape index (κ1) is 21.8. The Morgan fingerprint density at radius 1 is 1.25 bits per heavy atom. The number of alkyl halides is 3. The Kier molecular flexibility index (Phi) is 7.50. The molecule has 0 saturated carbocycles. The number of rotatable bonds is 7. The SMILES string of the molecule is CNC(=O)CN(CC1CCN(Cc2ccc(OC(F)(F)F)cc2)CC1)C(=O)[O-]. The summed E-state index contributed by atoms with van der Waals surface area (Å²) in [7, 11) is 1.44. The summed E-state index contributed by atoms with van der Waals surface area (Å²) in [5, 5.41) is 13.6. The fourth-order valence-corrected chi connectivity index (χ4v) is 3.15. The van der Waals surface area contributed by atoms with E-state index in [9.17, 15) is 27.9 Å². The number of carboxylic acid groups (broad SMARTS) is 1. The van der Waals surface area contributed by atoms with Crippen molar-refractivity contribution in [1.82, 2.24) is 15.1 Å². The molecule has 1 N–H and O–H groups in total. The maximum Gasteiger partial charge on any atom is 0.573 e. The highest BCUT2D eigenvalue weighted by Crippen LogP contribution is 2.24. The van der Waals surface area contributed by atoms with Crippen LogP contribution in [0.15, 0.2) is 24.3 Å². The molecule has 0 unspecified atom stereocenters. The number of carbonyl (C=O) groups is 2. The molecule has 1 fully saturated rings. The molecular formula is C18H23F3N3O4-. The van der Waals surface area contributed by atoms with Gasteiger partial charge in [-0.25, -0.2) is 0 Å². The van der Waals surface area contributed by atoms with Crippen LogP contribution in [0.2, 0.25) is 0 Å². The number of carbonyl (C=O) groups excluding carboxylic acids is 2. The van der Waals surface area contributed by atoms with E-state index >= 15 is 0 Å². The molecule has 7 nitrogen and oxygen atoms in total. The molecule has 1 saturated heterocycles. The molecule has 10 heteroatoms. The minimum Gasteiger partial charge on any atom is -0.530 e. The number of nitrogens with zero attached hydrogens (tertiary/aromatic N) is 2. The molecule has 2 rings (SSSR count). The van der Waals surface area contributed by atoms with Crippen LogP contribution in [0.4, 0.5) is 18.0 Å². The average Bonchev–Trinajstić information content (AvgIpc) is 2.63. The van der Waals surface area contributed by atoms with Crippen molar-refractivity contribution in [2.45, 2.75) is 25.7 Å². The number of halogens is 3. The number of ether oxygens (including phenoxy) is 1. The quantitative estimate of drug-likeness (QED) is 0.741. The predicted octanol–water partition coefficient (Wildman–Crippen LogP) is 1.19. The molecule has 1 aromatic carbocycles. The lowest BCUT2D eigenvalue weighted by Crippen LogP contribution is -2.49. The summed E-state index contributed by atoms with van der Waals surface area (Å²) in [5.74, 6) is -0.519. The van der Waals surface area contributed by atoms with Crippen molar-refractivity contribution in [1.29, 1.82) is 0 Å². The first-order valence-electron chi connectivity index (χ1n) is 8.90. The van der Waals surface area contributed by atoms with Crippen LogP contribution in [0, 0.1) is 5.92 Å². The summed E-state index contributed by atoms with van der Waals surface area (Å²) in [6.07, 6.45) is -4.56. The van der Waals surface area contributed by atoms with Gasteiger partial charge >= 0.3 is 6.36 Å². The molecule has 0 atom stereocenters. The Bertz CT molecular complexity index is 659. The summed E-state index contributed by atoms with van der Waals surface area (Å²) < 4.78 is 40.4. The van der Waals surface area contributed by atoms with Gasteiger partial charge in [0.05, 0.1) is 6.54 Å². The number of benzene rings is 1. The van der Waals surface area contributed by atoms with Crippen molar-refractivity contribution >= 4 is 12.0 Å². The highest BCUT2D eigenvalue weighted by atomic mass is 19.4. The molecule has 1 aromatic rings. The van der Waals surface area contributed by atoms with Crippen molar-refractivity contribution in [3.8, 4) is 5.75 Å². The first-order valence-corrected chi connectivity index (χ1v) is 8.90. The Balaban J connectivity index is 1.80. The minimum atomic E-state index is -4.71. The molecule has 28 heavy (non-hydrogen) atoms. The zero-order valence-corrected chi connectivity index (χ0v) is 15.5. The Hall–Kier alpha value is -2.49. The van der Waals surface area contributed by atoms with E-state index < -0.39 is 12.5 Å². The van der Waals surface area contributed by atoms with Crippen LogP contribution in [0.5, 0.6) is 5.75 Å². The second-order valence-corrected chi connectivity index (χ2v) is 6.73. The van der Waals surface area contributed by atoms with Gasteiger partial charge < -0.3 is 24.9 Å². The van der Waals surface area contributed by atoms with Crippen molar-refractivity contribution in [3.05, 3.63) is 29.8 Å². The first-order chi connectivity index (χ1) is 13.2. The second kappa shape index (κ2) is 9.63. The molecule has 1 aliphatic heterocycles.